The van der Waals surface area contributed by atoms with Gasteiger partial charge in [0.1, 0.15) is 0 Å². The second-order valence-corrected chi connectivity index (χ2v) is 5.70. The molecule has 110 valence electrons. The highest BCUT2D eigenvalue weighted by Crippen LogP contribution is 2.24. The Morgan fingerprint density at radius 3 is 2.71 bits per heavy atom. The van der Waals surface area contributed by atoms with E-state index in [1.807, 2.05) is 38.1 Å². The molecule has 21 heavy (non-hydrogen) atoms. The van der Waals surface area contributed by atoms with Crippen LogP contribution in [-0.4, -0.2) is 22.6 Å². The van der Waals surface area contributed by atoms with Crippen molar-refractivity contribution in [2.75, 3.05) is 11.4 Å². The molecular formula is C16H17BrN2O2. The molecule has 5 heteroatoms. The van der Waals surface area contributed by atoms with Crippen LogP contribution in [0.5, 0.6) is 0 Å². The zero-order valence-electron chi connectivity index (χ0n) is 12.0. The summed E-state index contributed by atoms with van der Waals surface area (Å²) in [5.74, 6) is -0.928. The first kappa shape index (κ1) is 15.5. The molecule has 0 atom stereocenters. The second kappa shape index (κ2) is 6.72. The van der Waals surface area contributed by atoms with E-state index in [2.05, 4.69) is 25.8 Å². The number of aryl methyl sites for hydroxylation is 1. The number of aromatic carboxylic acids is 1. The largest absolute Gasteiger partial charge is 0.478 e. The van der Waals surface area contributed by atoms with Crippen molar-refractivity contribution in [3.8, 4) is 0 Å². The molecule has 0 unspecified atom stereocenters. The van der Waals surface area contributed by atoms with Crippen molar-refractivity contribution >= 4 is 27.6 Å². The normalized spacial score (nSPS) is 10.4. The van der Waals surface area contributed by atoms with Crippen LogP contribution in [0.3, 0.4) is 0 Å². The van der Waals surface area contributed by atoms with Gasteiger partial charge in [0.05, 0.1) is 17.8 Å². The molecule has 0 saturated heterocycles. The fraction of sp³-hybridized carbons (Fsp3) is 0.250. The van der Waals surface area contributed by atoms with Gasteiger partial charge < -0.3 is 10.0 Å². The Morgan fingerprint density at radius 1 is 1.33 bits per heavy atom. The smallest absolute Gasteiger partial charge is 0.335 e. The summed E-state index contributed by atoms with van der Waals surface area (Å²) < 4.78 is 0.757. The number of nitrogens with zero attached hydrogens (tertiary/aromatic N) is 2. The van der Waals surface area contributed by atoms with E-state index >= 15 is 0 Å². The van der Waals surface area contributed by atoms with Crippen LogP contribution in [0.4, 0.5) is 5.69 Å². The molecule has 0 aliphatic heterocycles. The summed E-state index contributed by atoms with van der Waals surface area (Å²) in [6.45, 7) is 5.41. The molecule has 0 bridgehead atoms. The summed E-state index contributed by atoms with van der Waals surface area (Å²) in [4.78, 5) is 17.8. The Morgan fingerprint density at radius 2 is 2.10 bits per heavy atom. The third-order valence-electron chi connectivity index (χ3n) is 3.18. The third kappa shape index (κ3) is 4.04. The summed E-state index contributed by atoms with van der Waals surface area (Å²) in [6, 6.07) is 11.1. The van der Waals surface area contributed by atoms with Crippen LogP contribution < -0.4 is 4.90 Å². The fourth-order valence-corrected chi connectivity index (χ4v) is 2.63. The van der Waals surface area contributed by atoms with Crippen molar-refractivity contribution in [1.82, 2.24) is 4.98 Å². The summed E-state index contributed by atoms with van der Waals surface area (Å²) >= 11 is 3.37. The van der Waals surface area contributed by atoms with Crippen LogP contribution >= 0.6 is 15.9 Å². The Hall–Kier alpha value is -1.88. The van der Waals surface area contributed by atoms with E-state index in [1.54, 1.807) is 12.1 Å². The van der Waals surface area contributed by atoms with Gasteiger partial charge in [-0.3, -0.25) is 4.98 Å². The van der Waals surface area contributed by atoms with Crippen LogP contribution in [0, 0.1) is 6.92 Å². The van der Waals surface area contributed by atoms with Crippen LogP contribution in [0.2, 0.25) is 0 Å². The van der Waals surface area contributed by atoms with Gasteiger partial charge >= 0.3 is 5.97 Å². The number of rotatable bonds is 5. The lowest BCUT2D eigenvalue weighted by Crippen LogP contribution is -2.23. The molecule has 0 saturated carbocycles. The first-order valence-corrected chi connectivity index (χ1v) is 7.50. The summed E-state index contributed by atoms with van der Waals surface area (Å²) in [5.41, 5.74) is 3.08. The number of carboxylic acid groups (broad SMARTS) is 1. The topological polar surface area (TPSA) is 53.4 Å². The van der Waals surface area contributed by atoms with Crippen molar-refractivity contribution in [2.24, 2.45) is 0 Å². The van der Waals surface area contributed by atoms with E-state index in [1.165, 1.54) is 0 Å². The fourth-order valence-electron chi connectivity index (χ4n) is 2.15. The zero-order valence-corrected chi connectivity index (χ0v) is 13.6. The Labute approximate surface area is 132 Å². The van der Waals surface area contributed by atoms with Crippen LogP contribution in [0.25, 0.3) is 0 Å². The molecule has 4 nitrogen and oxygen atoms in total. The highest BCUT2D eigenvalue weighted by molar-refractivity contribution is 9.10. The van der Waals surface area contributed by atoms with Crippen molar-refractivity contribution in [2.45, 2.75) is 20.4 Å². The first-order valence-electron chi connectivity index (χ1n) is 6.71. The molecule has 1 aromatic carbocycles. The average Bonchev–Trinajstić information content (AvgIpc) is 2.44. The van der Waals surface area contributed by atoms with Gasteiger partial charge in [0.25, 0.3) is 0 Å². The second-order valence-electron chi connectivity index (χ2n) is 4.79. The van der Waals surface area contributed by atoms with Gasteiger partial charge in [-0.15, -0.1) is 0 Å². The number of halogens is 1. The average molecular weight is 349 g/mol. The van der Waals surface area contributed by atoms with Crippen LogP contribution in [0.1, 0.15) is 28.7 Å². The summed E-state index contributed by atoms with van der Waals surface area (Å²) in [6.07, 6.45) is 0. The van der Waals surface area contributed by atoms with Gasteiger partial charge in [-0.2, -0.15) is 0 Å². The minimum absolute atomic E-state index is 0.273. The highest BCUT2D eigenvalue weighted by atomic mass is 79.9. The van der Waals surface area contributed by atoms with Crippen LogP contribution in [-0.2, 0) is 6.54 Å². The van der Waals surface area contributed by atoms with Gasteiger partial charge in [0, 0.05) is 22.4 Å². The number of benzene rings is 1. The lowest BCUT2D eigenvalue weighted by Gasteiger charge is -2.23. The zero-order chi connectivity index (χ0) is 15.4. The van der Waals surface area contributed by atoms with Gasteiger partial charge in [0.2, 0.25) is 0 Å². The minimum atomic E-state index is -0.928. The minimum Gasteiger partial charge on any atom is -0.478 e. The van der Waals surface area contributed by atoms with Gasteiger partial charge in [0.15, 0.2) is 0 Å². The first-order chi connectivity index (χ1) is 9.99. The predicted molar refractivity (Wildman–Crippen MR) is 86.8 cm³/mol. The quantitative estimate of drug-likeness (QED) is 0.890. The molecule has 1 heterocycles. The van der Waals surface area contributed by atoms with E-state index in [0.29, 0.717) is 6.54 Å². The lowest BCUT2D eigenvalue weighted by molar-refractivity contribution is 0.0697. The molecular weight excluding hydrogens is 332 g/mol. The maximum Gasteiger partial charge on any atom is 0.335 e. The van der Waals surface area contributed by atoms with Crippen molar-refractivity contribution in [3.63, 3.8) is 0 Å². The van der Waals surface area contributed by atoms with E-state index in [-0.39, 0.29) is 5.56 Å². The van der Waals surface area contributed by atoms with E-state index < -0.39 is 5.97 Å². The van der Waals surface area contributed by atoms with Gasteiger partial charge in [-0.25, -0.2) is 4.79 Å². The molecule has 0 aliphatic carbocycles. The third-order valence-corrected chi connectivity index (χ3v) is 3.63. The molecule has 1 N–H and O–H groups in total. The number of carbonyl (C=O) groups is 1. The Bertz CT molecular complexity index is 658. The molecule has 0 amide bonds. The standard InChI is InChI=1S/C16H17BrN2O2/c1-3-19(10-14-6-4-5-11(2)18-14)15-8-12(16(20)21)7-13(17)9-15/h4-9H,3,10H2,1-2H3,(H,20,21). The maximum atomic E-state index is 11.2. The van der Waals surface area contributed by atoms with Crippen LogP contribution in [0.15, 0.2) is 40.9 Å². The maximum absolute atomic E-state index is 11.2. The Balaban J connectivity index is 2.31. The number of pyridine rings is 1. The predicted octanol–water partition coefficient (Wildman–Crippen LogP) is 3.88. The number of anilines is 1. The molecule has 2 rings (SSSR count). The molecule has 0 radical (unpaired) electrons. The molecule has 0 fully saturated rings. The van der Waals surface area contributed by atoms with E-state index in [4.69, 9.17) is 5.11 Å². The molecule has 0 spiro atoms. The summed E-state index contributed by atoms with van der Waals surface area (Å²) in [7, 11) is 0. The van der Waals surface area contributed by atoms with Gasteiger partial charge in [-0.1, -0.05) is 22.0 Å². The summed E-state index contributed by atoms with van der Waals surface area (Å²) in [5, 5.41) is 9.16. The molecule has 0 aliphatic rings. The number of hydrogen-bond donors (Lipinski definition) is 1. The molecule has 1 aromatic heterocycles. The van der Waals surface area contributed by atoms with Gasteiger partial charge in [-0.05, 0) is 44.2 Å². The van der Waals surface area contributed by atoms with E-state index in [0.717, 1.165) is 28.1 Å². The lowest BCUT2D eigenvalue weighted by atomic mass is 10.2. The SMILES string of the molecule is CCN(Cc1cccc(C)n1)c1cc(Br)cc(C(=O)O)c1. The highest BCUT2D eigenvalue weighted by Gasteiger charge is 2.11. The van der Waals surface area contributed by atoms with Crippen molar-refractivity contribution < 1.29 is 9.90 Å². The number of carboxylic acids is 1. The number of hydrogen-bond acceptors (Lipinski definition) is 3. The monoisotopic (exact) mass is 348 g/mol. The molecule has 2 aromatic rings. The van der Waals surface area contributed by atoms with E-state index in [9.17, 15) is 4.79 Å². The number of aromatic nitrogens is 1. The van der Waals surface area contributed by atoms with Crippen molar-refractivity contribution in [1.29, 1.82) is 0 Å². The van der Waals surface area contributed by atoms with Crippen molar-refractivity contribution in [3.05, 3.63) is 57.8 Å². The Kier molecular flexibility index (Phi) is 4.96.